The lowest BCUT2D eigenvalue weighted by molar-refractivity contribution is -0.140. The fraction of sp³-hybridized carbons (Fsp3) is 0.333. The van der Waals surface area contributed by atoms with Crippen molar-refractivity contribution in [1.29, 1.82) is 0 Å². The fourth-order valence-electron chi connectivity index (χ4n) is 1.98. The average Bonchev–Trinajstić information content (AvgIpc) is 2.96. The molecule has 0 aliphatic carbocycles. The summed E-state index contributed by atoms with van der Waals surface area (Å²) in [6, 6.07) is 10.1. The Hall–Kier alpha value is -2.14. The number of aromatic amines is 1. The minimum absolute atomic E-state index is 0.167. The zero-order chi connectivity index (χ0) is 14.2. The SMILES string of the molecule is COC(=O)CCCNCc1cn[nH]c1-c1ccccc1. The van der Waals surface area contributed by atoms with Crippen molar-refractivity contribution in [2.24, 2.45) is 0 Å². The molecule has 0 bridgehead atoms. The topological polar surface area (TPSA) is 67.0 Å². The quantitative estimate of drug-likeness (QED) is 0.599. The van der Waals surface area contributed by atoms with E-state index < -0.39 is 0 Å². The number of hydrogen-bond acceptors (Lipinski definition) is 4. The third kappa shape index (κ3) is 3.93. The number of carbonyl (C=O) groups is 1. The molecule has 0 saturated carbocycles. The predicted molar refractivity (Wildman–Crippen MR) is 77.0 cm³/mol. The van der Waals surface area contributed by atoms with Gasteiger partial charge in [-0.15, -0.1) is 0 Å². The maximum absolute atomic E-state index is 11.0. The molecule has 0 atom stereocenters. The van der Waals surface area contributed by atoms with Gasteiger partial charge >= 0.3 is 5.97 Å². The molecule has 1 aromatic heterocycles. The van der Waals surface area contributed by atoms with Crippen molar-refractivity contribution >= 4 is 5.97 Å². The molecule has 0 spiro atoms. The second-order valence-corrected chi connectivity index (χ2v) is 4.49. The standard InChI is InChI=1S/C15H19N3O2/c1-20-14(19)8-5-9-16-10-13-11-17-18-15(13)12-6-3-2-4-7-12/h2-4,6-7,11,16H,5,8-10H2,1H3,(H,17,18). The minimum atomic E-state index is -0.167. The van der Waals surface area contributed by atoms with E-state index in [1.54, 1.807) is 0 Å². The van der Waals surface area contributed by atoms with Gasteiger partial charge in [-0.05, 0) is 18.5 Å². The minimum Gasteiger partial charge on any atom is -0.469 e. The van der Waals surface area contributed by atoms with Crippen LogP contribution in [-0.4, -0.2) is 29.8 Å². The van der Waals surface area contributed by atoms with E-state index in [0.717, 1.165) is 36.3 Å². The molecule has 0 aliphatic rings. The van der Waals surface area contributed by atoms with Crippen LogP contribution in [0.2, 0.25) is 0 Å². The molecule has 2 rings (SSSR count). The summed E-state index contributed by atoms with van der Waals surface area (Å²) in [5, 5.41) is 10.4. The Morgan fingerprint density at radius 1 is 1.35 bits per heavy atom. The molecule has 0 saturated heterocycles. The number of carbonyl (C=O) groups excluding carboxylic acids is 1. The Morgan fingerprint density at radius 2 is 2.15 bits per heavy atom. The van der Waals surface area contributed by atoms with Gasteiger partial charge in [0.2, 0.25) is 0 Å². The van der Waals surface area contributed by atoms with E-state index in [2.05, 4.69) is 20.3 Å². The summed E-state index contributed by atoms with van der Waals surface area (Å²) >= 11 is 0. The first-order valence-electron chi connectivity index (χ1n) is 6.66. The first-order chi connectivity index (χ1) is 9.81. The molecular weight excluding hydrogens is 254 g/mol. The van der Waals surface area contributed by atoms with Gasteiger partial charge in [0.05, 0.1) is 19.0 Å². The van der Waals surface area contributed by atoms with E-state index in [0.29, 0.717) is 6.42 Å². The summed E-state index contributed by atoms with van der Waals surface area (Å²) in [6.07, 6.45) is 3.04. The lowest BCUT2D eigenvalue weighted by Gasteiger charge is -2.05. The number of esters is 1. The van der Waals surface area contributed by atoms with Gasteiger partial charge in [0.1, 0.15) is 0 Å². The summed E-state index contributed by atoms with van der Waals surface area (Å²) in [7, 11) is 1.41. The van der Waals surface area contributed by atoms with Crippen LogP contribution < -0.4 is 5.32 Å². The molecule has 0 amide bonds. The highest BCUT2D eigenvalue weighted by molar-refractivity contribution is 5.69. The van der Waals surface area contributed by atoms with Crippen molar-refractivity contribution < 1.29 is 9.53 Å². The number of benzene rings is 1. The van der Waals surface area contributed by atoms with Crippen LogP contribution in [0.3, 0.4) is 0 Å². The third-order valence-electron chi connectivity index (χ3n) is 3.06. The zero-order valence-electron chi connectivity index (χ0n) is 11.6. The van der Waals surface area contributed by atoms with Gasteiger partial charge in [0, 0.05) is 18.5 Å². The molecule has 0 radical (unpaired) electrons. The largest absolute Gasteiger partial charge is 0.469 e. The zero-order valence-corrected chi connectivity index (χ0v) is 11.6. The van der Waals surface area contributed by atoms with Crippen LogP contribution in [0.25, 0.3) is 11.3 Å². The van der Waals surface area contributed by atoms with Gasteiger partial charge in [-0.2, -0.15) is 5.10 Å². The molecule has 1 aromatic carbocycles. The van der Waals surface area contributed by atoms with E-state index in [4.69, 9.17) is 0 Å². The Balaban J connectivity index is 1.83. The van der Waals surface area contributed by atoms with Gasteiger partial charge in [-0.1, -0.05) is 30.3 Å². The summed E-state index contributed by atoms with van der Waals surface area (Å²) in [5.41, 5.74) is 3.27. The first kappa shape index (κ1) is 14.3. The van der Waals surface area contributed by atoms with Gasteiger partial charge in [-0.25, -0.2) is 0 Å². The van der Waals surface area contributed by atoms with E-state index in [-0.39, 0.29) is 5.97 Å². The molecule has 20 heavy (non-hydrogen) atoms. The van der Waals surface area contributed by atoms with Gasteiger partial charge < -0.3 is 10.1 Å². The Bertz CT molecular complexity index is 537. The van der Waals surface area contributed by atoms with Gasteiger partial charge in [0.15, 0.2) is 0 Å². The second kappa shape index (κ2) is 7.45. The molecule has 0 unspecified atom stereocenters. The number of ether oxygens (including phenoxy) is 1. The molecule has 5 nitrogen and oxygen atoms in total. The van der Waals surface area contributed by atoms with Gasteiger partial charge in [-0.3, -0.25) is 9.89 Å². The van der Waals surface area contributed by atoms with E-state index >= 15 is 0 Å². The van der Waals surface area contributed by atoms with Crippen LogP contribution in [-0.2, 0) is 16.1 Å². The second-order valence-electron chi connectivity index (χ2n) is 4.49. The fourth-order valence-corrected chi connectivity index (χ4v) is 1.98. The van der Waals surface area contributed by atoms with E-state index in [1.807, 2.05) is 36.5 Å². The van der Waals surface area contributed by atoms with Crippen LogP contribution in [0, 0.1) is 0 Å². The average molecular weight is 273 g/mol. The maximum atomic E-state index is 11.0. The van der Waals surface area contributed by atoms with Crippen molar-refractivity contribution in [1.82, 2.24) is 15.5 Å². The highest BCUT2D eigenvalue weighted by Crippen LogP contribution is 2.20. The van der Waals surface area contributed by atoms with Crippen molar-refractivity contribution in [3.05, 3.63) is 42.1 Å². The number of rotatable bonds is 7. The maximum Gasteiger partial charge on any atom is 0.305 e. The number of aromatic nitrogens is 2. The number of methoxy groups -OCH3 is 1. The molecular formula is C15H19N3O2. The molecule has 5 heteroatoms. The van der Waals surface area contributed by atoms with Crippen molar-refractivity contribution in [2.75, 3.05) is 13.7 Å². The summed E-state index contributed by atoms with van der Waals surface area (Å²) in [4.78, 5) is 11.0. The normalized spacial score (nSPS) is 10.4. The van der Waals surface area contributed by atoms with Crippen molar-refractivity contribution in [3.63, 3.8) is 0 Å². The molecule has 2 N–H and O–H groups in total. The highest BCUT2D eigenvalue weighted by atomic mass is 16.5. The number of nitrogens with one attached hydrogen (secondary N) is 2. The monoisotopic (exact) mass is 273 g/mol. The summed E-state index contributed by atoms with van der Waals surface area (Å²) in [5.74, 6) is -0.167. The smallest absolute Gasteiger partial charge is 0.305 e. The summed E-state index contributed by atoms with van der Waals surface area (Å²) < 4.78 is 4.60. The third-order valence-corrected chi connectivity index (χ3v) is 3.06. The number of nitrogens with zero attached hydrogens (tertiary/aromatic N) is 1. The molecule has 2 aromatic rings. The van der Waals surface area contributed by atoms with E-state index in [1.165, 1.54) is 7.11 Å². The van der Waals surface area contributed by atoms with Crippen LogP contribution in [0.1, 0.15) is 18.4 Å². The van der Waals surface area contributed by atoms with E-state index in [9.17, 15) is 4.79 Å². The van der Waals surface area contributed by atoms with Crippen LogP contribution in [0.4, 0.5) is 0 Å². The van der Waals surface area contributed by atoms with Crippen LogP contribution in [0.15, 0.2) is 36.5 Å². The Labute approximate surface area is 118 Å². The first-order valence-corrected chi connectivity index (χ1v) is 6.66. The van der Waals surface area contributed by atoms with Crippen molar-refractivity contribution in [2.45, 2.75) is 19.4 Å². The van der Waals surface area contributed by atoms with Crippen molar-refractivity contribution in [3.8, 4) is 11.3 Å². The predicted octanol–water partition coefficient (Wildman–Crippen LogP) is 2.12. The van der Waals surface area contributed by atoms with Gasteiger partial charge in [0.25, 0.3) is 0 Å². The summed E-state index contributed by atoms with van der Waals surface area (Å²) in [6.45, 7) is 1.50. The molecule has 1 heterocycles. The number of H-pyrrole nitrogens is 1. The number of hydrogen-bond donors (Lipinski definition) is 2. The highest BCUT2D eigenvalue weighted by Gasteiger charge is 2.06. The lowest BCUT2D eigenvalue weighted by Crippen LogP contribution is -2.16. The molecule has 0 fully saturated rings. The Kier molecular flexibility index (Phi) is 5.32. The molecule has 0 aliphatic heterocycles. The molecule has 106 valence electrons. The van der Waals surface area contributed by atoms with Crippen LogP contribution >= 0.6 is 0 Å². The van der Waals surface area contributed by atoms with Crippen LogP contribution in [0.5, 0.6) is 0 Å². The lowest BCUT2D eigenvalue weighted by atomic mass is 10.1. The Morgan fingerprint density at radius 3 is 2.90 bits per heavy atom.